The van der Waals surface area contributed by atoms with Crippen molar-refractivity contribution in [1.82, 2.24) is 14.0 Å². The lowest BCUT2D eigenvalue weighted by molar-refractivity contribution is 0.0707. The molecular weight excluding hydrogens is 620 g/mol. The van der Waals surface area contributed by atoms with E-state index in [1.807, 2.05) is 30.3 Å². The van der Waals surface area contributed by atoms with Gasteiger partial charge in [-0.1, -0.05) is 41.9 Å². The quantitative estimate of drug-likeness (QED) is 0.204. The molecule has 1 aliphatic heterocycles. The molecule has 1 aliphatic rings. The van der Waals surface area contributed by atoms with Gasteiger partial charge in [-0.15, -0.1) is 0 Å². The average molecular weight is 645 g/mol. The standard InChI is InChI=1S/C30H25BrClF2N3O4/c31-23-12-7-20(16-24(23)32)29(39)35-14-15-36-25(17-35)28(26(38)13-6-19-4-2-1-3-5-19)37(30(36)40)21-8-10-22(11-9-21)41-18-27(33)34/h1-5,7-12,16,27H,6,13-15,17-18H2. The van der Waals surface area contributed by atoms with E-state index in [2.05, 4.69) is 15.9 Å². The van der Waals surface area contributed by atoms with Crippen LogP contribution in [0.4, 0.5) is 8.78 Å². The Labute approximate surface area is 248 Å². The van der Waals surface area contributed by atoms with Crippen molar-refractivity contribution >= 4 is 39.2 Å². The van der Waals surface area contributed by atoms with Crippen LogP contribution >= 0.6 is 27.5 Å². The van der Waals surface area contributed by atoms with E-state index in [4.69, 9.17) is 16.3 Å². The Kier molecular flexibility index (Phi) is 8.70. The summed E-state index contributed by atoms with van der Waals surface area (Å²) in [4.78, 5) is 42.4. The van der Waals surface area contributed by atoms with Crippen LogP contribution in [0.2, 0.25) is 5.02 Å². The number of alkyl halides is 2. The Balaban J connectivity index is 1.51. The molecule has 4 aromatic rings. The van der Waals surface area contributed by atoms with E-state index in [-0.39, 0.29) is 49.2 Å². The summed E-state index contributed by atoms with van der Waals surface area (Å²) in [6.45, 7) is -0.236. The van der Waals surface area contributed by atoms with Gasteiger partial charge in [-0.2, -0.15) is 0 Å². The number of imidazole rings is 1. The lowest BCUT2D eigenvalue weighted by atomic mass is 10.0. The molecule has 7 nitrogen and oxygen atoms in total. The van der Waals surface area contributed by atoms with E-state index in [0.717, 1.165) is 5.56 Å². The third-order valence-corrected chi connectivity index (χ3v) is 8.08. The van der Waals surface area contributed by atoms with E-state index in [0.29, 0.717) is 32.9 Å². The normalized spacial score (nSPS) is 12.9. The van der Waals surface area contributed by atoms with Crippen molar-refractivity contribution in [2.45, 2.75) is 32.4 Å². The van der Waals surface area contributed by atoms with Gasteiger partial charge in [-0.3, -0.25) is 18.7 Å². The molecule has 0 unspecified atom stereocenters. The van der Waals surface area contributed by atoms with Crippen LogP contribution < -0.4 is 10.4 Å². The molecule has 0 radical (unpaired) electrons. The lowest BCUT2D eigenvalue weighted by Crippen LogP contribution is -2.41. The monoisotopic (exact) mass is 643 g/mol. The van der Waals surface area contributed by atoms with Gasteiger partial charge in [0.05, 0.1) is 22.9 Å². The number of rotatable bonds is 9. The Morgan fingerprint density at radius 1 is 1.00 bits per heavy atom. The van der Waals surface area contributed by atoms with E-state index in [9.17, 15) is 23.2 Å². The first kappa shape index (κ1) is 28.8. The molecule has 3 aromatic carbocycles. The number of Topliss-reactive ketones (excluding diaryl/α,β-unsaturated/α-hetero) is 1. The number of carbonyl (C=O) groups is 2. The molecule has 0 fully saturated rings. The van der Waals surface area contributed by atoms with Crippen molar-refractivity contribution in [3.8, 4) is 11.4 Å². The fourth-order valence-electron chi connectivity index (χ4n) is 4.84. The number of aromatic nitrogens is 2. The van der Waals surface area contributed by atoms with Crippen LogP contribution in [0.1, 0.15) is 38.5 Å². The highest BCUT2D eigenvalue weighted by atomic mass is 79.9. The summed E-state index contributed by atoms with van der Waals surface area (Å²) in [6.07, 6.45) is -2.01. The predicted octanol–water partition coefficient (Wildman–Crippen LogP) is 6.17. The highest BCUT2D eigenvalue weighted by molar-refractivity contribution is 9.10. The van der Waals surface area contributed by atoms with Crippen LogP contribution in [0.3, 0.4) is 0 Å². The van der Waals surface area contributed by atoms with Gasteiger partial charge in [0.15, 0.2) is 5.78 Å². The summed E-state index contributed by atoms with van der Waals surface area (Å²) in [6, 6.07) is 20.5. The second-order valence-electron chi connectivity index (χ2n) is 9.53. The van der Waals surface area contributed by atoms with Crippen LogP contribution in [0.5, 0.6) is 5.75 Å². The zero-order valence-electron chi connectivity index (χ0n) is 21.7. The molecular formula is C30H25BrClF2N3O4. The van der Waals surface area contributed by atoms with Crippen molar-refractivity contribution in [2.24, 2.45) is 0 Å². The average Bonchev–Trinajstić information content (AvgIpc) is 3.28. The van der Waals surface area contributed by atoms with Crippen molar-refractivity contribution in [1.29, 1.82) is 0 Å². The number of hydrogen-bond donors (Lipinski definition) is 0. The highest BCUT2D eigenvalue weighted by Gasteiger charge is 2.32. The first-order chi connectivity index (χ1) is 19.7. The Bertz CT molecular complexity index is 1640. The molecule has 1 amide bonds. The minimum Gasteiger partial charge on any atom is -0.488 e. The van der Waals surface area contributed by atoms with E-state index in [1.165, 1.54) is 21.3 Å². The van der Waals surface area contributed by atoms with Crippen molar-refractivity contribution < 1.29 is 23.1 Å². The molecule has 212 valence electrons. The van der Waals surface area contributed by atoms with Gasteiger partial charge in [0, 0.05) is 29.5 Å². The van der Waals surface area contributed by atoms with E-state index >= 15 is 0 Å². The number of benzene rings is 3. The topological polar surface area (TPSA) is 73.5 Å². The number of fused-ring (bicyclic) bond motifs is 1. The van der Waals surface area contributed by atoms with Gasteiger partial charge in [0.1, 0.15) is 18.1 Å². The number of halogens is 4. The van der Waals surface area contributed by atoms with Crippen molar-refractivity contribution in [3.63, 3.8) is 0 Å². The van der Waals surface area contributed by atoms with Crippen LogP contribution in [0.15, 0.2) is 82.1 Å². The minimum absolute atomic E-state index is 0.0523. The maximum Gasteiger partial charge on any atom is 0.333 e. The number of carbonyl (C=O) groups excluding carboxylic acids is 2. The van der Waals surface area contributed by atoms with Gasteiger partial charge >= 0.3 is 5.69 Å². The predicted molar refractivity (Wildman–Crippen MR) is 155 cm³/mol. The molecule has 0 N–H and O–H groups in total. The Morgan fingerprint density at radius 3 is 2.41 bits per heavy atom. The van der Waals surface area contributed by atoms with E-state index < -0.39 is 18.7 Å². The molecule has 11 heteroatoms. The third kappa shape index (κ3) is 6.28. The highest BCUT2D eigenvalue weighted by Crippen LogP contribution is 2.27. The molecule has 2 heterocycles. The zero-order chi connectivity index (χ0) is 29.1. The molecule has 0 aliphatic carbocycles. The summed E-state index contributed by atoms with van der Waals surface area (Å²) in [7, 11) is 0. The minimum atomic E-state index is -2.62. The van der Waals surface area contributed by atoms with Gasteiger partial charge in [-0.25, -0.2) is 13.6 Å². The maximum absolute atomic E-state index is 13.8. The fourth-order valence-corrected chi connectivity index (χ4v) is 5.27. The molecule has 0 bridgehead atoms. The molecule has 0 spiro atoms. The summed E-state index contributed by atoms with van der Waals surface area (Å²) >= 11 is 9.54. The van der Waals surface area contributed by atoms with Crippen LogP contribution in [-0.2, 0) is 19.5 Å². The number of hydrogen-bond acceptors (Lipinski definition) is 4. The number of aryl methyl sites for hydroxylation is 1. The number of amides is 1. The largest absolute Gasteiger partial charge is 0.488 e. The molecule has 5 rings (SSSR count). The van der Waals surface area contributed by atoms with Crippen molar-refractivity contribution in [2.75, 3.05) is 13.2 Å². The van der Waals surface area contributed by atoms with Gasteiger partial charge in [0.25, 0.3) is 12.3 Å². The van der Waals surface area contributed by atoms with Crippen LogP contribution in [0.25, 0.3) is 5.69 Å². The van der Waals surface area contributed by atoms with Gasteiger partial charge < -0.3 is 9.64 Å². The summed E-state index contributed by atoms with van der Waals surface area (Å²) in [5, 5.41) is 0.397. The second-order valence-corrected chi connectivity index (χ2v) is 10.8. The van der Waals surface area contributed by atoms with Gasteiger partial charge in [-0.05, 0) is 70.4 Å². The second kappa shape index (κ2) is 12.4. The molecule has 0 atom stereocenters. The number of nitrogens with zero attached hydrogens (tertiary/aromatic N) is 3. The van der Waals surface area contributed by atoms with Crippen LogP contribution in [0, 0.1) is 0 Å². The van der Waals surface area contributed by atoms with Crippen molar-refractivity contribution in [3.05, 3.63) is 115 Å². The number of ketones is 1. The van der Waals surface area contributed by atoms with Gasteiger partial charge in [0.2, 0.25) is 0 Å². The summed E-state index contributed by atoms with van der Waals surface area (Å²) in [5.41, 5.74) is 1.98. The Hall–Kier alpha value is -3.76. The molecule has 1 aromatic heterocycles. The SMILES string of the molecule is O=C(CCc1ccccc1)c1c2n(c(=O)n1-c1ccc(OCC(F)F)cc1)CCN(C(=O)c1ccc(Br)c(Cl)c1)C2. The summed E-state index contributed by atoms with van der Waals surface area (Å²) in [5.74, 6) is -0.305. The lowest BCUT2D eigenvalue weighted by Gasteiger charge is -2.28. The Morgan fingerprint density at radius 2 is 1.73 bits per heavy atom. The molecule has 41 heavy (non-hydrogen) atoms. The maximum atomic E-state index is 13.8. The van der Waals surface area contributed by atoms with Crippen LogP contribution in [-0.4, -0.2) is 45.3 Å². The first-order valence-electron chi connectivity index (χ1n) is 12.9. The zero-order valence-corrected chi connectivity index (χ0v) is 24.1. The first-order valence-corrected chi connectivity index (χ1v) is 14.1. The fraction of sp³-hybridized carbons (Fsp3) is 0.233. The summed E-state index contributed by atoms with van der Waals surface area (Å²) < 4.78 is 33.7. The number of ether oxygens (including phenoxy) is 1. The van der Waals surface area contributed by atoms with E-state index in [1.54, 1.807) is 35.2 Å². The third-order valence-electron chi connectivity index (χ3n) is 6.85. The molecule has 0 saturated heterocycles. The molecule has 0 saturated carbocycles. The smallest absolute Gasteiger partial charge is 0.333 e.